The fraction of sp³-hybridized carbons (Fsp3) is 0.350. The first-order valence-electron chi connectivity index (χ1n) is 8.81. The number of sulfonamides is 1. The van der Waals surface area contributed by atoms with Crippen molar-refractivity contribution >= 4 is 21.6 Å². The first-order chi connectivity index (χ1) is 13.3. The summed E-state index contributed by atoms with van der Waals surface area (Å²) < 4.78 is 64.1. The highest BCUT2D eigenvalue weighted by atomic mass is 32.2. The van der Waals surface area contributed by atoms with Crippen LogP contribution >= 0.6 is 0 Å². The topological polar surface area (TPSA) is 66.5 Å². The number of hydrogen-bond donors (Lipinski definition) is 1. The van der Waals surface area contributed by atoms with Crippen LogP contribution in [0.3, 0.4) is 0 Å². The largest absolute Gasteiger partial charge is 0.416 e. The Labute approximate surface area is 168 Å². The molecule has 5 nitrogen and oxygen atoms in total. The van der Waals surface area contributed by atoms with Crippen LogP contribution in [-0.2, 0) is 27.5 Å². The van der Waals surface area contributed by atoms with Gasteiger partial charge in [-0.05, 0) is 61.7 Å². The summed E-state index contributed by atoms with van der Waals surface area (Å²) in [4.78, 5) is 12.6. The van der Waals surface area contributed by atoms with Crippen LogP contribution in [0, 0.1) is 13.8 Å². The van der Waals surface area contributed by atoms with Gasteiger partial charge in [-0.3, -0.25) is 9.10 Å². The van der Waals surface area contributed by atoms with Gasteiger partial charge in [-0.15, -0.1) is 0 Å². The lowest BCUT2D eigenvalue weighted by molar-refractivity contribution is -0.137. The number of carbonyl (C=O) groups is 1. The second-order valence-electron chi connectivity index (χ2n) is 6.92. The number of nitrogens with zero attached hydrogens (tertiary/aromatic N) is 1. The summed E-state index contributed by atoms with van der Waals surface area (Å²) in [6, 6.07) is 8.56. The minimum Gasteiger partial charge on any atom is -0.350 e. The van der Waals surface area contributed by atoms with Gasteiger partial charge in [0.2, 0.25) is 15.9 Å². The minimum absolute atomic E-state index is 0.155. The Morgan fingerprint density at radius 3 is 2.31 bits per heavy atom. The molecule has 1 amide bonds. The zero-order valence-corrected chi connectivity index (χ0v) is 17.4. The molecule has 0 aromatic heterocycles. The average Bonchev–Trinajstić information content (AvgIpc) is 2.61. The van der Waals surface area contributed by atoms with Gasteiger partial charge in [-0.1, -0.05) is 18.2 Å². The minimum atomic E-state index is -4.48. The lowest BCUT2D eigenvalue weighted by Crippen LogP contribution is -2.47. The molecule has 0 aliphatic carbocycles. The Hall–Kier alpha value is -2.55. The van der Waals surface area contributed by atoms with E-state index in [1.807, 2.05) is 13.8 Å². The van der Waals surface area contributed by atoms with Crippen molar-refractivity contribution in [2.45, 2.75) is 39.5 Å². The van der Waals surface area contributed by atoms with Crippen LogP contribution in [0.4, 0.5) is 18.9 Å². The summed E-state index contributed by atoms with van der Waals surface area (Å²) >= 11 is 0. The van der Waals surface area contributed by atoms with Gasteiger partial charge in [0.25, 0.3) is 0 Å². The molecule has 0 aliphatic heterocycles. The third kappa shape index (κ3) is 5.72. The van der Waals surface area contributed by atoms with Crippen LogP contribution < -0.4 is 9.62 Å². The molecule has 158 valence electrons. The van der Waals surface area contributed by atoms with Gasteiger partial charge in [0.1, 0.15) is 6.04 Å². The lowest BCUT2D eigenvalue weighted by Gasteiger charge is -2.28. The predicted octanol–water partition coefficient (Wildman–Crippen LogP) is 3.79. The number of anilines is 1. The standard InChI is InChI=1S/C20H23F3N2O3S/c1-13-8-9-18(10-14(13)2)25(29(4,27)28)15(3)19(26)24-12-16-6-5-7-17(11-16)20(21,22)23/h5-11,15H,12H2,1-4H3,(H,24,26)/t15-/m1/s1. The van der Waals surface area contributed by atoms with Crippen molar-refractivity contribution in [2.75, 3.05) is 10.6 Å². The molecule has 0 saturated carbocycles. The smallest absolute Gasteiger partial charge is 0.350 e. The summed E-state index contributed by atoms with van der Waals surface area (Å²) in [6.45, 7) is 4.99. The summed E-state index contributed by atoms with van der Waals surface area (Å²) in [6.07, 6.45) is -3.48. The molecule has 2 aromatic carbocycles. The lowest BCUT2D eigenvalue weighted by atomic mass is 10.1. The number of nitrogens with one attached hydrogen (secondary N) is 1. The van der Waals surface area contributed by atoms with E-state index < -0.39 is 33.7 Å². The van der Waals surface area contributed by atoms with Crippen LogP contribution in [-0.4, -0.2) is 26.6 Å². The third-order valence-electron chi connectivity index (χ3n) is 4.55. The number of benzene rings is 2. The molecule has 9 heteroatoms. The SMILES string of the molecule is Cc1ccc(N([C@H](C)C(=O)NCc2cccc(C(F)(F)F)c2)S(C)(=O)=O)cc1C. The monoisotopic (exact) mass is 428 g/mol. The van der Waals surface area contributed by atoms with E-state index >= 15 is 0 Å². The molecule has 1 atom stereocenters. The van der Waals surface area contributed by atoms with Crippen molar-refractivity contribution < 1.29 is 26.4 Å². The molecular formula is C20H23F3N2O3S. The Balaban J connectivity index is 2.21. The zero-order chi connectivity index (χ0) is 22.0. The zero-order valence-electron chi connectivity index (χ0n) is 16.5. The molecule has 0 radical (unpaired) electrons. The van der Waals surface area contributed by atoms with Gasteiger partial charge >= 0.3 is 6.18 Å². The number of amides is 1. The maximum atomic E-state index is 12.8. The molecule has 0 fully saturated rings. The Morgan fingerprint density at radius 1 is 1.10 bits per heavy atom. The van der Waals surface area contributed by atoms with Crippen LogP contribution in [0.25, 0.3) is 0 Å². The van der Waals surface area contributed by atoms with Crippen LogP contribution in [0.1, 0.15) is 29.2 Å². The fourth-order valence-corrected chi connectivity index (χ4v) is 4.03. The Morgan fingerprint density at radius 2 is 1.76 bits per heavy atom. The molecule has 2 rings (SSSR count). The van der Waals surface area contributed by atoms with E-state index in [1.165, 1.54) is 19.1 Å². The first kappa shape index (κ1) is 22.7. The number of hydrogen-bond acceptors (Lipinski definition) is 3. The van der Waals surface area contributed by atoms with E-state index in [0.717, 1.165) is 33.8 Å². The highest BCUT2D eigenvalue weighted by Gasteiger charge is 2.31. The fourth-order valence-electron chi connectivity index (χ4n) is 2.87. The summed E-state index contributed by atoms with van der Waals surface area (Å²) in [5.41, 5.74) is 1.64. The van der Waals surface area contributed by atoms with Crippen molar-refractivity contribution in [3.63, 3.8) is 0 Å². The summed E-state index contributed by atoms with van der Waals surface area (Å²) in [7, 11) is -3.78. The molecule has 1 N–H and O–H groups in total. The molecule has 29 heavy (non-hydrogen) atoms. The molecule has 0 bridgehead atoms. The maximum absolute atomic E-state index is 12.8. The Kier molecular flexibility index (Phi) is 6.62. The van der Waals surface area contributed by atoms with Crippen molar-refractivity contribution in [2.24, 2.45) is 0 Å². The van der Waals surface area contributed by atoms with Gasteiger partial charge in [0, 0.05) is 6.54 Å². The van der Waals surface area contributed by atoms with Crippen LogP contribution in [0.15, 0.2) is 42.5 Å². The average molecular weight is 428 g/mol. The number of rotatable bonds is 6. The molecule has 0 heterocycles. The number of carbonyl (C=O) groups excluding carboxylic acids is 1. The molecule has 0 spiro atoms. The van der Waals surface area contributed by atoms with Gasteiger partial charge in [-0.25, -0.2) is 8.42 Å². The Bertz CT molecular complexity index is 1000. The van der Waals surface area contributed by atoms with E-state index in [4.69, 9.17) is 0 Å². The summed E-state index contributed by atoms with van der Waals surface area (Å²) in [5.74, 6) is -0.619. The van der Waals surface area contributed by atoms with Crippen molar-refractivity contribution in [1.82, 2.24) is 5.32 Å². The first-order valence-corrected chi connectivity index (χ1v) is 10.7. The van der Waals surface area contributed by atoms with Crippen LogP contribution in [0.2, 0.25) is 0 Å². The van der Waals surface area contributed by atoms with Gasteiger partial charge in [0.15, 0.2) is 0 Å². The second kappa shape index (κ2) is 8.44. The quantitative estimate of drug-likeness (QED) is 0.761. The molecular weight excluding hydrogens is 405 g/mol. The van der Waals surface area contributed by atoms with Crippen LogP contribution in [0.5, 0.6) is 0 Å². The van der Waals surface area contributed by atoms with E-state index in [9.17, 15) is 26.4 Å². The van der Waals surface area contributed by atoms with E-state index in [1.54, 1.807) is 18.2 Å². The number of alkyl halides is 3. The summed E-state index contributed by atoms with van der Waals surface area (Å²) in [5, 5.41) is 2.51. The molecule has 0 unspecified atom stereocenters. The predicted molar refractivity (Wildman–Crippen MR) is 106 cm³/mol. The highest BCUT2D eigenvalue weighted by molar-refractivity contribution is 7.92. The van der Waals surface area contributed by atoms with Gasteiger partial charge in [0.05, 0.1) is 17.5 Å². The second-order valence-corrected chi connectivity index (χ2v) is 8.78. The maximum Gasteiger partial charge on any atom is 0.416 e. The molecule has 0 aliphatic rings. The third-order valence-corrected chi connectivity index (χ3v) is 5.80. The normalized spacial score (nSPS) is 13.1. The van der Waals surface area contributed by atoms with Crippen molar-refractivity contribution in [3.8, 4) is 0 Å². The number of aryl methyl sites for hydroxylation is 2. The van der Waals surface area contributed by atoms with E-state index in [2.05, 4.69) is 5.32 Å². The van der Waals surface area contributed by atoms with E-state index in [0.29, 0.717) is 5.69 Å². The number of halogens is 3. The molecule has 0 saturated heterocycles. The molecule has 2 aromatic rings. The van der Waals surface area contributed by atoms with E-state index in [-0.39, 0.29) is 12.1 Å². The van der Waals surface area contributed by atoms with Gasteiger partial charge in [-0.2, -0.15) is 13.2 Å². The van der Waals surface area contributed by atoms with Gasteiger partial charge < -0.3 is 5.32 Å². The van der Waals surface area contributed by atoms with Crippen molar-refractivity contribution in [3.05, 3.63) is 64.7 Å². The van der Waals surface area contributed by atoms with Crippen molar-refractivity contribution in [1.29, 1.82) is 0 Å². The highest BCUT2D eigenvalue weighted by Crippen LogP contribution is 2.29.